The first-order chi connectivity index (χ1) is 20.8. The van der Waals surface area contributed by atoms with Crippen LogP contribution in [-0.2, 0) is 22.7 Å². The molecule has 0 aliphatic rings. The topological polar surface area (TPSA) is 95.8 Å². The number of pyridine rings is 1. The number of carbonyl (C=O) groups excluding carboxylic acids is 2. The number of hydrogen-bond acceptors (Lipinski definition) is 7. The highest BCUT2D eigenvalue weighted by Gasteiger charge is 2.24. The number of ether oxygens (including phenoxy) is 3. The van der Waals surface area contributed by atoms with Crippen LogP contribution in [0.15, 0.2) is 42.7 Å². The second-order valence-electron chi connectivity index (χ2n) is 11.5. The number of fused-ring (bicyclic) bond motifs is 1. The molecule has 4 rings (SSSR count). The molecule has 0 bridgehead atoms. The quantitative estimate of drug-likeness (QED) is 0.103. The average molecular weight is 629 g/mol. The lowest BCUT2D eigenvalue weighted by molar-refractivity contribution is 0.0595. The molecule has 0 radical (unpaired) electrons. The molecular weight excluding hydrogens is 593 g/mol. The number of hydrogen-bond donors (Lipinski definition) is 0. The van der Waals surface area contributed by atoms with E-state index in [4.69, 9.17) is 14.2 Å². The molecule has 1 amide bonds. The third kappa shape index (κ3) is 7.45. The zero-order valence-electron chi connectivity index (χ0n) is 25.5. The molecule has 44 heavy (non-hydrogen) atoms. The van der Waals surface area contributed by atoms with Crippen LogP contribution < -0.4 is 4.74 Å². The van der Waals surface area contributed by atoms with Crippen LogP contribution >= 0.6 is 0 Å². The highest BCUT2D eigenvalue weighted by atomic mass is 28.3. The minimum absolute atomic E-state index is 0.0207. The van der Waals surface area contributed by atoms with Crippen LogP contribution in [0.3, 0.4) is 0 Å². The molecule has 0 fully saturated rings. The van der Waals surface area contributed by atoms with E-state index in [2.05, 4.69) is 29.7 Å². The average Bonchev–Trinajstić information content (AvgIpc) is 3.38. The van der Waals surface area contributed by atoms with E-state index in [9.17, 15) is 18.4 Å². The fourth-order valence-corrected chi connectivity index (χ4v) is 5.43. The summed E-state index contributed by atoms with van der Waals surface area (Å²) in [5, 5.41) is 4.84. The molecule has 0 atom stereocenters. The van der Waals surface area contributed by atoms with Gasteiger partial charge >= 0.3 is 5.97 Å². The van der Waals surface area contributed by atoms with Gasteiger partial charge in [0, 0.05) is 51.7 Å². The maximum absolute atomic E-state index is 15.5. The Morgan fingerprint density at radius 3 is 2.36 bits per heavy atom. The van der Waals surface area contributed by atoms with Crippen molar-refractivity contribution < 1.29 is 37.0 Å². The van der Waals surface area contributed by atoms with Crippen molar-refractivity contribution >= 4 is 30.9 Å². The van der Waals surface area contributed by atoms with Gasteiger partial charge in [-0.3, -0.25) is 4.79 Å². The largest absolute Gasteiger partial charge is 0.493 e. The Kier molecular flexibility index (Phi) is 10.1. The molecule has 2 aromatic heterocycles. The standard InChI is InChI=1S/C31H35F3N4O5Si/c1-7-43-26-13-20(12-25(34)27(26)19-10-22(32)14-23(33)11-19)30(39)37(2)17-21-15-35-28(31(40)41-3)24-16-36-38(29(21)24)18-42-8-9-44(4,5)6/h10-16H,7-9,17-18H2,1-6H3. The van der Waals surface area contributed by atoms with E-state index < -0.39 is 37.4 Å². The molecular formula is C31H35F3N4O5Si. The number of carbonyl (C=O) groups is 2. The Balaban J connectivity index is 1.66. The predicted octanol–water partition coefficient (Wildman–Crippen LogP) is 6.29. The lowest BCUT2D eigenvalue weighted by atomic mass is 10.0. The number of rotatable bonds is 12. The van der Waals surface area contributed by atoms with E-state index in [0.29, 0.717) is 29.1 Å². The molecule has 0 aliphatic heterocycles. The maximum Gasteiger partial charge on any atom is 0.357 e. The van der Waals surface area contributed by atoms with Gasteiger partial charge in [0.2, 0.25) is 0 Å². The van der Waals surface area contributed by atoms with Crippen LogP contribution in [0, 0.1) is 17.5 Å². The zero-order chi connectivity index (χ0) is 32.2. The van der Waals surface area contributed by atoms with Gasteiger partial charge in [-0.2, -0.15) is 5.10 Å². The van der Waals surface area contributed by atoms with Gasteiger partial charge in [0.25, 0.3) is 5.91 Å². The number of halogens is 3. The number of amides is 1. The second-order valence-corrected chi connectivity index (χ2v) is 17.1. The lowest BCUT2D eigenvalue weighted by Gasteiger charge is -2.20. The zero-order valence-corrected chi connectivity index (χ0v) is 26.5. The smallest absolute Gasteiger partial charge is 0.357 e. The van der Waals surface area contributed by atoms with Gasteiger partial charge in [-0.1, -0.05) is 19.6 Å². The summed E-state index contributed by atoms with van der Waals surface area (Å²) < 4.78 is 61.2. The van der Waals surface area contributed by atoms with Crippen LogP contribution in [0.1, 0.15) is 33.3 Å². The van der Waals surface area contributed by atoms with Crippen molar-refractivity contribution in [2.75, 3.05) is 27.4 Å². The van der Waals surface area contributed by atoms with Gasteiger partial charge in [-0.05, 0) is 42.8 Å². The number of nitrogens with zero attached hydrogens (tertiary/aromatic N) is 4. The number of methoxy groups -OCH3 is 1. The Labute approximate surface area is 254 Å². The summed E-state index contributed by atoms with van der Waals surface area (Å²) in [6, 6.07) is 5.97. The number of esters is 1. The van der Waals surface area contributed by atoms with Crippen LogP contribution in [0.5, 0.6) is 5.75 Å². The van der Waals surface area contributed by atoms with Gasteiger partial charge in [-0.25, -0.2) is 27.6 Å². The summed E-state index contributed by atoms with van der Waals surface area (Å²) in [6.07, 6.45) is 2.96. The molecule has 0 N–H and O–H groups in total. The SMILES string of the molecule is CCOc1cc(C(=O)N(C)Cc2cnc(C(=O)OC)c3cnn(COCC[Si](C)(C)C)c23)cc(F)c1-c1cc(F)cc(F)c1. The van der Waals surface area contributed by atoms with Crippen LogP contribution in [0.25, 0.3) is 22.0 Å². The Bertz CT molecular complexity index is 1670. The van der Waals surface area contributed by atoms with Gasteiger partial charge in [0.05, 0.1) is 36.4 Å². The first kappa shape index (κ1) is 32.7. The molecule has 9 nitrogen and oxygen atoms in total. The molecule has 0 saturated heterocycles. The highest BCUT2D eigenvalue weighted by molar-refractivity contribution is 6.76. The molecule has 0 unspecified atom stereocenters. The Hall–Kier alpha value is -4.23. The summed E-state index contributed by atoms with van der Waals surface area (Å²) in [4.78, 5) is 31.6. The molecule has 2 heterocycles. The third-order valence-corrected chi connectivity index (χ3v) is 8.55. The molecule has 13 heteroatoms. The van der Waals surface area contributed by atoms with Gasteiger partial charge in [0.15, 0.2) is 5.69 Å². The summed E-state index contributed by atoms with van der Waals surface area (Å²) in [5.41, 5.74) is 0.918. The molecule has 0 spiro atoms. The molecule has 0 aliphatic carbocycles. The molecule has 234 valence electrons. The van der Waals surface area contributed by atoms with Gasteiger partial charge in [-0.15, -0.1) is 0 Å². The molecule has 4 aromatic rings. The van der Waals surface area contributed by atoms with E-state index in [-0.39, 0.29) is 48.0 Å². The fourth-order valence-electron chi connectivity index (χ4n) is 4.67. The lowest BCUT2D eigenvalue weighted by Crippen LogP contribution is -2.27. The summed E-state index contributed by atoms with van der Waals surface area (Å²) in [5.74, 6) is -3.85. The van der Waals surface area contributed by atoms with Crippen molar-refractivity contribution in [1.82, 2.24) is 19.7 Å². The van der Waals surface area contributed by atoms with E-state index in [1.54, 1.807) is 11.6 Å². The normalized spacial score (nSPS) is 11.6. The predicted molar refractivity (Wildman–Crippen MR) is 162 cm³/mol. The van der Waals surface area contributed by atoms with Crippen molar-refractivity contribution in [2.45, 2.75) is 45.9 Å². The van der Waals surface area contributed by atoms with Crippen LogP contribution in [0.2, 0.25) is 25.7 Å². The molecule has 0 saturated carbocycles. The van der Waals surface area contributed by atoms with E-state index >= 15 is 4.39 Å². The second kappa shape index (κ2) is 13.6. The maximum atomic E-state index is 15.5. The van der Waals surface area contributed by atoms with Crippen molar-refractivity contribution in [3.63, 3.8) is 0 Å². The number of aromatic nitrogens is 3. The minimum Gasteiger partial charge on any atom is -0.493 e. The third-order valence-electron chi connectivity index (χ3n) is 6.84. The van der Waals surface area contributed by atoms with E-state index in [0.717, 1.165) is 24.2 Å². The Morgan fingerprint density at radius 1 is 1.02 bits per heavy atom. The monoisotopic (exact) mass is 628 g/mol. The van der Waals surface area contributed by atoms with Crippen LogP contribution in [-0.4, -0.2) is 67.0 Å². The van der Waals surface area contributed by atoms with Crippen molar-refractivity contribution in [3.05, 3.63) is 77.0 Å². The fraction of sp³-hybridized carbons (Fsp3) is 0.355. The van der Waals surface area contributed by atoms with Crippen molar-refractivity contribution in [2.24, 2.45) is 0 Å². The Morgan fingerprint density at radius 2 is 1.73 bits per heavy atom. The number of benzene rings is 2. The van der Waals surface area contributed by atoms with E-state index in [1.807, 2.05) is 0 Å². The van der Waals surface area contributed by atoms with E-state index in [1.165, 1.54) is 37.5 Å². The minimum atomic E-state index is -1.32. The summed E-state index contributed by atoms with van der Waals surface area (Å²) in [7, 11) is 1.47. The molecule has 2 aromatic carbocycles. The highest BCUT2D eigenvalue weighted by Crippen LogP contribution is 2.35. The summed E-state index contributed by atoms with van der Waals surface area (Å²) in [6.45, 7) is 9.22. The first-order valence-electron chi connectivity index (χ1n) is 14.0. The van der Waals surface area contributed by atoms with Gasteiger partial charge < -0.3 is 19.1 Å². The van der Waals surface area contributed by atoms with Crippen molar-refractivity contribution in [3.8, 4) is 16.9 Å². The van der Waals surface area contributed by atoms with Crippen molar-refractivity contribution in [1.29, 1.82) is 0 Å². The van der Waals surface area contributed by atoms with Crippen LogP contribution in [0.4, 0.5) is 13.2 Å². The van der Waals surface area contributed by atoms with Gasteiger partial charge in [0.1, 0.15) is 29.9 Å². The summed E-state index contributed by atoms with van der Waals surface area (Å²) >= 11 is 0. The first-order valence-corrected chi connectivity index (χ1v) is 17.7.